The number of hydrogen-bond acceptors (Lipinski definition) is 4. The fourth-order valence-corrected chi connectivity index (χ4v) is 4.07. The molecule has 18 heavy (non-hydrogen) atoms. The second-order valence-corrected chi connectivity index (χ2v) is 7.08. The summed E-state index contributed by atoms with van der Waals surface area (Å²) < 4.78 is 29.9. The first kappa shape index (κ1) is 13.5. The second-order valence-electron chi connectivity index (χ2n) is 4.86. The molecule has 1 aromatic rings. The molecule has 5 heteroatoms. The topological polar surface area (TPSA) is 69.4 Å². The van der Waals surface area contributed by atoms with E-state index >= 15 is 0 Å². The largest absolute Gasteiger partial charge is 0.380 e. The van der Waals surface area contributed by atoms with Crippen molar-refractivity contribution in [2.24, 2.45) is 5.73 Å². The SMILES string of the molecule is Cc1cccc(CS(=O)(=O)C2COCCC2N)c1. The number of sulfone groups is 1. The molecule has 2 atom stereocenters. The molecular formula is C13H19NO3S. The second kappa shape index (κ2) is 5.38. The van der Waals surface area contributed by atoms with E-state index in [4.69, 9.17) is 10.5 Å². The maximum absolute atomic E-state index is 12.3. The van der Waals surface area contributed by atoms with Gasteiger partial charge in [-0.2, -0.15) is 0 Å². The van der Waals surface area contributed by atoms with Crippen LogP contribution in [0.2, 0.25) is 0 Å². The molecule has 0 spiro atoms. The average Bonchev–Trinajstić information content (AvgIpc) is 2.28. The van der Waals surface area contributed by atoms with E-state index in [2.05, 4.69) is 0 Å². The standard InChI is InChI=1S/C13H19NO3S/c1-10-3-2-4-11(7-10)9-18(15,16)13-8-17-6-5-12(13)14/h2-4,7,12-13H,5-6,8-9,14H2,1H3. The Kier molecular flexibility index (Phi) is 4.04. The summed E-state index contributed by atoms with van der Waals surface area (Å²) in [7, 11) is -3.25. The van der Waals surface area contributed by atoms with Crippen molar-refractivity contribution in [2.45, 2.75) is 30.4 Å². The van der Waals surface area contributed by atoms with Crippen LogP contribution in [0.5, 0.6) is 0 Å². The van der Waals surface area contributed by atoms with Crippen LogP contribution < -0.4 is 5.73 Å². The van der Waals surface area contributed by atoms with E-state index in [-0.39, 0.29) is 18.4 Å². The zero-order chi connectivity index (χ0) is 13.2. The van der Waals surface area contributed by atoms with Crippen LogP contribution in [0.1, 0.15) is 17.5 Å². The molecule has 2 rings (SSSR count). The van der Waals surface area contributed by atoms with Crippen molar-refractivity contribution >= 4 is 9.84 Å². The highest BCUT2D eigenvalue weighted by Gasteiger charge is 2.34. The predicted octanol–water partition coefficient (Wildman–Crippen LogP) is 1.03. The number of benzene rings is 1. The minimum Gasteiger partial charge on any atom is -0.380 e. The summed E-state index contributed by atoms with van der Waals surface area (Å²) in [5, 5.41) is -0.577. The lowest BCUT2D eigenvalue weighted by Gasteiger charge is -2.28. The molecule has 1 aliphatic rings. The predicted molar refractivity (Wildman–Crippen MR) is 71.0 cm³/mol. The van der Waals surface area contributed by atoms with Crippen molar-refractivity contribution in [1.82, 2.24) is 0 Å². The van der Waals surface area contributed by atoms with Crippen molar-refractivity contribution in [1.29, 1.82) is 0 Å². The Hall–Kier alpha value is -0.910. The maximum Gasteiger partial charge on any atom is 0.161 e. The molecule has 4 nitrogen and oxygen atoms in total. The van der Waals surface area contributed by atoms with Crippen LogP contribution in [-0.4, -0.2) is 32.9 Å². The maximum atomic E-state index is 12.3. The highest BCUT2D eigenvalue weighted by molar-refractivity contribution is 7.91. The normalized spacial score (nSPS) is 25.0. The quantitative estimate of drug-likeness (QED) is 0.889. The molecule has 2 N–H and O–H groups in total. The first-order valence-electron chi connectivity index (χ1n) is 6.09. The highest BCUT2D eigenvalue weighted by Crippen LogP contribution is 2.19. The molecule has 100 valence electrons. The summed E-state index contributed by atoms with van der Waals surface area (Å²) >= 11 is 0. The Balaban J connectivity index is 2.16. The van der Waals surface area contributed by atoms with Crippen LogP contribution >= 0.6 is 0 Å². The van der Waals surface area contributed by atoms with Gasteiger partial charge in [0, 0.05) is 12.6 Å². The summed E-state index contributed by atoms with van der Waals surface area (Å²) in [5.74, 6) is 0.0381. The van der Waals surface area contributed by atoms with Crippen molar-refractivity contribution in [3.05, 3.63) is 35.4 Å². The van der Waals surface area contributed by atoms with Gasteiger partial charge in [-0.15, -0.1) is 0 Å². The minimum absolute atomic E-state index is 0.0381. The Morgan fingerprint density at radius 3 is 2.89 bits per heavy atom. The third kappa shape index (κ3) is 3.10. The highest BCUT2D eigenvalue weighted by atomic mass is 32.2. The van der Waals surface area contributed by atoms with Crippen LogP contribution in [0, 0.1) is 6.92 Å². The molecule has 1 aliphatic heterocycles. The summed E-state index contributed by atoms with van der Waals surface area (Å²) in [4.78, 5) is 0. The summed E-state index contributed by atoms with van der Waals surface area (Å²) in [5.41, 5.74) is 7.76. The van der Waals surface area contributed by atoms with Gasteiger partial charge in [-0.3, -0.25) is 0 Å². The van der Waals surface area contributed by atoms with Gasteiger partial charge in [0.25, 0.3) is 0 Å². The van der Waals surface area contributed by atoms with Crippen LogP contribution in [-0.2, 0) is 20.3 Å². The van der Waals surface area contributed by atoms with Crippen molar-refractivity contribution in [3.8, 4) is 0 Å². The lowest BCUT2D eigenvalue weighted by molar-refractivity contribution is 0.0891. The van der Waals surface area contributed by atoms with Crippen LogP contribution in [0.4, 0.5) is 0 Å². The molecule has 1 fully saturated rings. The first-order chi connectivity index (χ1) is 8.49. The van der Waals surface area contributed by atoms with E-state index < -0.39 is 15.1 Å². The molecule has 1 heterocycles. The third-order valence-electron chi connectivity index (χ3n) is 3.27. The van der Waals surface area contributed by atoms with Gasteiger partial charge in [0.15, 0.2) is 9.84 Å². The molecule has 0 radical (unpaired) electrons. The minimum atomic E-state index is -3.25. The van der Waals surface area contributed by atoms with Crippen molar-refractivity contribution < 1.29 is 13.2 Å². The van der Waals surface area contributed by atoms with Crippen LogP contribution in [0.15, 0.2) is 24.3 Å². The van der Waals surface area contributed by atoms with Crippen LogP contribution in [0.3, 0.4) is 0 Å². The molecule has 0 aliphatic carbocycles. The van der Waals surface area contributed by atoms with E-state index in [0.717, 1.165) is 11.1 Å². The molecule has 1 aromatic carbocycles. The lowest BCUT2D eigenvalue weighted by Crippen LogP contribution is -2.48. The molecule has 0 saturated carbocycles. The smallest absolute Gasteiger partial charge is 0.161 e. The lowest BCUT2D eigenvalue weighted by atomic mass is 10.1. The van der Waals surface area contributed by atoms with E-state index in [1.807, 2.05) is 31.2 Å². The van der Waals surface area contributed by atoms with E-state index in [1.165, 1.54) is 0 Å². The van der Waals surface area contributed by atoms with Gasteiger partial charge in [-0.25, -0.2) is 8.42 Å². The Morgan fingerprint density at radius 1 is 1.44 bits per heavy atom. The van der Waals surface area contributed by atoms with Crippen molar-refractivity contribution in [3.63, 3.8) is 0 Å². The summed E-state index contributed by atoms with van der Waals surface area (Å²) in [6, 6.07) is 7.24. The van der Waals surface area contributed by atoms with Gasteiger partial charge >= 0.3 is 0 Å². The summed E-state index contributed by atoms with van der Waals surface area (Å²) in [6.45, 7) is 2.72. The molecule has 0 bridgehead atoms. The fourth-order valence-electron chi connectivity index (χ4n) is 2.24. The van der Waals surface area contributed by atoms with Gasteiger partial charge < -0.3 is 10.5 Å². The monoisotopic (exact) mass is 269 g/mol. The van der Waals surface area contributed by atoms with Gasteiger partial charge in [0.05, 0.1) is 12.4 Å². The number of hydrogen-bond donors (Lipinski definition) is 1. The molecule has 1 saturated heterocycles. The Bertz CT molecular complexity index is 513. The zero-order valence-corrected chi connectivity index (χ0v) is 11.3. The van der Waals surface area contributed by atoms with Crippen LogP contribution in [0.25, 0.3) is 0 Å². The van der Waals surface area contributed by atoms with E-state index in [9.17, 15) is 8.42 Å². The molecule has 0 aromatic heterocycles. The molecule has 2 unspecified atom stereocenters. The number of ether oxygens (including phenoxy) is 1. The average molecular weight is 269 g/mol. The number of aryl methyl sites for hydroxylation is 1. The van der Waals surface area contributed by atoms with Gasteiger partial charge in [0.2, 0.25) is 0 Å². The Morgan fingerprint density at radius 2 is 2.22 bits per heavy atom. The van der Waals surface area contributed by atoms with E-state index in [1.54, 1.807) is 0 Å². The van der Waals surface area contributed by atoms with Gasteiger partial charge in [-0.05, 0) is 18.9 Å². The number of rotatable bonds is 3. The van der Waals surface area contributed by atoms with Crippen molar-refractivity contribution in [2.75, 3.05) is 13.2 Å². The fraction of sp³-hybridized carbons (Fsp3) is 0.538. The summed E-state index contributed by atoms with van der Waals surface area (Å²) in [6.07, 6.45) is 0.609. The van der Waals surface area contributed by atoms with E-state index in [0.29, 0.717) is 13.0 Å². The third-order valence-corrected chi connectivity index (χ3v) is 5.41. The number of nitrogens with two attached hydrogens (primary N) is 1. The Labute approximate surface area is 108 Å². The molecular weight excluding hydrogens is 250 g/mol. The van der Waals surface area contributed by atoms with Gasteiger partial charge in [-0.1, -0.05) is 29.8 Å². The first-order valence-corrected chi connectivity index (χ1v) is 7.81. The van der Waals surface area contributed by atoms with Gasteiger partial charge in [0.1, 0.15) is 5.25 Å². The zero-order valence-electron chi connectivity index (χ0n) is 10.5. The molecule has 0 amide bonds.